The second-order valence-electron chi connectivity index (χ2n) is 10.9. The first-order valence-corrected chi connectivity index (χ1v) is 15.0. The Kier molecular flexibility index (Phi) is 7.97. The highest BCUT2D eigenvalue weighted by molar-refractivity contribution is 7.08. The highest BCUT2D eigenvalue weighted by atomic mass is 32.1. The van der Waals surface area contributed by atoms with Crippen molar-refractivity contribution in [1.29, 1.82) is 0 Å². The average molecular weight is 562 g/mol. The number of urea groups is 1. The van der Waals surface area contributed by atoms with Crippen molar-refractivity contribution in [3.8, 4) is 11.8 Å². The highest BCUT2D eigenvalue weighted by Crippen LogP contribution is 2.39. The second kappa shape index (κ2) is 11.9. The van der Waals surface area contributed by atoms with E-state index >= 15 is 0 Å². The van der Waals surface area contributed by atoms with Crippen molar-refractivity contribution in [3.63, 3.8) is 0 Å². The molecular weight excluding hydrogens is 526 g/mol. The maximum Gasteiger partial charge on any atom is 0.337 e. The number of rotatable bonds is 8. The number of nitrogens with zero attached hydrogens (tertiary/aromatic N) is 5. The normalized spacial score (nSPS) is 20.8. The molecule has 210 valence electrons. The topological polar surface area (TPSA) is 88.1 Å². The summed E-state index contributed by atoms with van der Waals surface area (Å²) in [5.41, 5.74) is 2.75. The largest absolute Gasteiger partial charge is 0.465 e. The van der Waals surface area contributed by atoms with Crippen LogP contribution in [0.25, 0.3) is 0 Å². The zero-order valence-corrected chi connectivity index (χ0v) is 23.6. The van der Waals surface area contributed by atoms with Gasteiger partial charge in [0.15, 0.2) is 0 Å². The number of aromatic nitrogens is 2. The van der Waals surface area contributed by atoms with Gasteiger partial charge in [0, 0.05) is 56.2 Å². The molecule has 0 radical (unpaired) electrons. The third-order valence-electron chi connectivity index (χ3n) is 8.39. The number of ether oxygens (including phenoxy) is 2. The summed E-state index contributed by atoms with van der Waals surface area (Å²) in [4.78, 5) is 40.8. The summed E-state index contributed by atoms with van der Waals surface area (Å²) in [6.45, 7) is 3.44. The summed E-state index contributed by atoms with van der Waals surface area (Å²) in [5.74, 6) is 0.155. The molecule has 4 heterocycles. The Morgan fingerprint density at radius 3 is 2.38 bits per heavy atom. The minimum Gasteiger partial charge on any atom is -0.465 e. The molecule has 6 rings (SSSR count). The molecule has 0 spiro atoms. The third kappa shape index (κ3) is 5.69. The first kappa shape index (κ1) is 26.7. The quantitative estimate of drug-likeness (QED) is 0.336. The van der Waals surface area contributed by atoms with Crippen LogP contribution < -0.4 is 4.74 Å². The fourth-order valence-electron chi connectivity index (χ4n) is 6.27. The first-order chi connectivity index (χ1) is 19.6. The molecule has 2 aliphatic heterocycles. The summed E-state index contributed by atoms with van der Waals surface area (Å²) < 4.78 is 10.5. The van der Waals surface area contributed by atoms with Crippen LogP contribution >= 0.6 is 11.3 Å². The highest BCUT2D eigenvalue weighted by Gasteiger charge is 2.45. The Hall–Kier alpha value is -3.50. The van der Waals surface area contributed by atoms with Crippen LogP contribution in [-0.2, 0) is 11.3 Å². The van der Waals surface area contributed by atoms with Crippen LogP contribution in [0.4, 0.5) is 4.79 Å². The van der Waals surface area contributed by atoms with Crippen molar-refractivity contribution in [2.75, 3.05) is 26.7 Å². The lowest BCUT2D eigenvalue weighted by molar-refractivity contribution is 0.0600. The van der Waals surface area contributed by atoms with Crippen LogP contribution in [0.15, 0.2) is 53.5 Å². The molecule has 0 unspecified atom stereocenters. The maximum atomic E-state index is 13.7. The van der Waals surface area contributed by atoms with Crippen molar-refractivity contribution in [3.05, 3.63) is 70.2 Å². The minimum atomic E-state index is -0.392. The summed E-state index contributed by atoms with van der Waals surface area (Å²) in [5, 5.41) is 4.33. The van der Waals surface area contributed by atoms with E-state index in [0.29, 0.717) is 17.4 Å². The van der Waals surface area contributed by atoms with Gasteiger partial charge >= 0.3 is 18.0 Å². The van der Waals surface area contributed by atoms with Gasteiger partial charge in [0.25, 0.3) is 0 Å². The molecule has 0 N–H and O–H groups in total. The van der Waals surface area contributed by atoms with Gasteiger partial charge in [0.2, 0.25) is 0 Å². The number of hydrogen-bond acceptors (Lipinski definition) is 8. The van der Waals surface area contributed by atoms with E-state index in [1.807, 2.05) is 0 Å². The van der Waals surface area contributed by atoms with Gasteiger partial charge in [-0.05, 0) is 72.3 Å². The Bertz CT molecular complexity index is 1290. The van der Waals surface area contributed by atoms with E-state index in [2.05, 4.69) is 41.5 Å². The average Bonchev–Trinajstić information content (AvgIpc) is 3.77. The Labute approximate surface area is 238 Å². The molecule has 3 fully saturated rings. The van der Waals surface area contributed by atoms with E-state index in [9.17, 15) is 9.59 Å². The molecule has 3 aromatic rings. The Morgan fingerprint density at radius 2 is 1.73 bits per heavy atom. The number of thiophene rings is 1. The van der Waals surface area contributed by atoms with E-state index in [4.69, 9.17) is 9.47 Å². The predicted molar refractivity (Wildman–Crippen MR) is 151 cm³/mol. The van der Waals surface area contributed by atoms with Crippen LogP contribution in [-0.4, -0.2) is 75.5 Å². The van der Waals surface area contributed by atoms with Crippen LogP contribution in [0.5, 0.6) is 11.8 Å². The molecule has 40 heavy (non-hydrogen) atoms. The number of methoxy groups -OCH3 is 1. The molecule has 3 aliphatic rings. The zero-order valence-electron chi connectivity index (χ0n) is 22.8. The molecular formula is C30H35N5O4S. The standard InChI is InChI=1S/C30H35N5O4S/c1-38-28(36)22-6-8-26(9-7-22)39-29-31-16-21(17-32-29)18-33-13-10-25(11-14-33)35-27(23-12-15-40-20-23)19-34(30(35)37)24-4-2-3-5-24/h6-9,12,15-17,20,24-25,27H,2-5,10-11,13-14,18-19H2,1H3/t27-/m0/s1. The molecule has 2 saturated heterocycles. The number of esters is 1. The van der Waals surface area contributed by atoms with Gasteiger partial charge in [-0.3, -0.25) is 4.90 Å². The van der Waals surface area contributed by atoms with Gasteiger partial charge in [0.1, 0.15) is 5.75 Å². The molecule has 2 aromatic heterocycles. The zero-order chi connectivity index (χ0) is 27.5. The van der Waals surface area contributed by atoms with Crippen molar-refractivity contribution >= 4 is 23.3 Å². The summed E-state index contributed by atoms with van der Waals surface area (Å²) >= 11 is 1.71. The monoisotopic (exact) mass is 561 g/mol. The molecule has 1 aliphatic carbocycles. The number of amides is 2. The SMILES string of the molecule is COC(=O)c1ccc(Oc2ncc(CN3CCC(N4C(=O)N(C5CCCC5)C[C@H]4c4ccsc4)CC3)cn2)cc1. The lowest BCUT2D eigenvalue weighted by Gasteiger charge is -2.39. The van der Waals surface area contributed by atoms with Gasteiger partial charge in [-0.1, -0.05) is 12.8 Å². The molecule has 1 saturated carbocycles. The third-order valence-corrected chi connectivity index (χ3v) is 9.09. The van der Waals surface area contributed by atoms with Crippen LogP contribution in [0.3, 0.4) is 0 Å². The molecule has 1 aromatic carbocycles. The number of benzene rings is 1. The summed E-state index contributed by atoms with van der Waals surface area (Å²) in [6, 6.07) is 10.2. The smallest absolute Gasteiger partial charge is 0.337 e. The maximum absolute atomic E-state index is 13.7. The fourth-order valence-corrected chi connectivity index (χ4v) is 6.98. The molecule has 1 atom stereocenters. The van der Waals surface area contributed by atoms with Gasteiger partial charge in [-0.25, -0.2) is 19.6 Å². The van der Waals surface area contributed by atoms with Crippen LogP contribution in [0.2, 0.25) is 0 Å². The molecule has 0 bridgehead atoms. The number of carbonyl (C=O) groups is 2. The molecule has 2 amide bonds. The number of piperidine rings is 1. The Morgan fingerprint density at radius 1 is 1.00 bits per heavy atom. The summed E-state index contributed by atoms with van der Waals surface area (Å²) in [7, 11) is 1.35. The van der Waals surface area contributed by atoms with Gasteiger partial charge in [-0.15, -0.1) is 0 Å². The van der Waals surface area contributed by atoms with Crippen molar-refractivity contribution in [1.82, 2.24) is 24.7 Å². The Balaban J connectivity index is 1.04. The van der Waals surface area contributed by atoms with E-state index in [0.717, 1.165) is 57.4 Å². The minimum absolute atomic E-state index is 0.161. The number of likely N-dealkylation sites (tertiary alicyclic amines) is 1. The lowest BCUT2D eigenvalue weighted by Crippen LogP contribution is -2.47. The van der Waals surface area contributed by atoms with E-state index in [1.54, 1.807) is 48.0 Å². The van der Waals surface area contributed by atoms with Crippen LogP contribution in [0.1, 0.15) is 66.1 Å². The van der Waals surface area contributed by atoms with E-state index in [-0.39, 0.29) is 24.1 Å². The van der Waals surface area contributed by atoms with Crippen molar-refractivity contribution in [2.24, 2.45) is 0 Å². The first-order valence-electron chi connectivity index (χ1n) is 14.1. The van der Waals surface area contributed by atoms with Crippen molar-refractivity contribution < 1.29 is 19.1 Å². The number of carbonyl (C=O) groups excluding carboxylic acids is 2. The van der Waals surface area contributed by atoms with Gasteiger partial charge in [-0.2, -0.15) is 11.3 Å². The fraction of sp³-hybridized carbons (Fsp3) is 0.467. The number of hydrogen-bond donors (Lipinski definition) is 0. The van der Waals surface area contributed by atoms with Crippen LogP contribution in [0, 0.1) is 0 Å². The van der Waals surface area contributed by atoms with Gasteiger partial charge < -0.3 is 19.3 Å². The van der Waals surface area contributed by atoms with Gasteiger partial charge in [0.05, 0.1) is 18.7 Å². The lowest BCUT2D eigenvalue weighted by atomic mass is 10.00. The van der Waals surface area contributed by atoms with Crippen molar-refractivity contribution in [2.45, 2.75) is 63.2 Å². The molecule has 10 heteroatoms. The van der Waals surface area contributed by atoms with E-state index < -0.39 is 5.97 Å². The summed E-state index contributed by atoms with van der Waals surface area (Å²) in [6.07, 6.45) is 10.3. The molecule has 9 nitrogen and oxygen atoms in total. The van der Waals surface area contributed by atoms with E-state index in [1.165, 1.54) is 25.5 Å². The second-order valence-corrected chi connectivity index (χ2v) is 11.6. The predicted octanol–water partition coefficient (Wildman–Crippen LogP) is 5.50.